The summed E-state index contributed by atoms with van der Waals surface area (Å²) in [4.78, 5) is 2.40. The van der Waals surface area contributed by atoms with E-state index in [1.807, 2.05) is 11.3 Å². The molecule has 186 valence electrons. The van der Waals surface area contributed by atoms with Gasteiger partial charge in [0.05, 0.1) is 0 Å². The topological polar surface area (TPSA) is 3.24 Å². The highest BCUT2D eigenvalue weighted by molar-refractivity contribution is 7.25. The largest absolute Gasteiger partial charge is 0.310 e. The van der Waals surface area contributed by atoms with Crippen LogP contribution < -0.4 is 4.90 Å². The maximum Gasteiger partial charge on any atom is 0.0468 e. The number of hydrogen-bond donors (Lipinski definition) is 0. The lowest BCUT2D eigenvalue weighted by atomic mass is 9.82. The van der Waals surface area contributed by atoms with Crippen molar-refractivity contribution in [1.82, 2.24) is 0 Å². The molecule has 1 aliphatic carbocycles. The first-order chi connectivity index (χ1) is 19.1. The highest BCUT2D eigenvalue weighted by Crippen LogP contribution is 2.52. The summed E-state index contributed by atoms with van der Waals surface area (Å²) in [6.07, 6.45) is 0. The molecule has 0 bridgehead atoms. The van der Waals surface area contributed by atoms with Crippen LogP contribution in [0.3, 0.4) is 0 Å². The van der Waals surface area contributed by atoms with Gasteiger partial charge in [-0.3, -0.25) is 0 Å². The van der Waals surface area contributed by atoms with Gasteiger partial charge in [0.15, 0.2) is 0 Å². The van der Waals surface area contributed by atoms with E-state index < -0.39 is 0 Å². The molecule has 6 aromatic carbocycles. The SMILES string of the molecule is CC1(C)c2ccc(N(c3ccccc3)c3ccc4sc5ccccc5c4c3)cc2-c2cc3ccccc3cc21. The molecule has 0 saturated heterocycles. The molecular weight excluding hydrogens is 490 g/mol. The number of rotatable bonds is 3. The predicted molar refractivity (Wildman–Crippen MR) is 169 cm³/mol. The Morgan fingerprint density at radius 3 is 1.97 bits per heavy atom. The Balaban J connectivity index is 1.35. The highest BCUT2D eigenvalue weighted by Gasteiger charge is 2.36. The molecule has 0 fully saturated rings. The van der Waals surface area contributed by atoms with E-state index in [0.29, 0.717) is 0 Å². The van der Waals surface area contributed by atoms with Gasteiger partial charge in [-0.05, 0) is 93.7 Å². The summed E-state index contributed by atoms with van der Waals surface area (Å²) in [5, 5.41) is 5.23. The van der Waals surface area contributed by atoms with Crippen molar-refractivity contribution in [2.45, 2.75) is 19.3 Å². The van der Waals surface area contributed by atoms with E-state index in [9.17, 15) is 0 Å². The van der Waals surface area contributed by atoms with Crippen molar-refractivity contribution < 1.29 is 0 Å². The zero-order valence-electron chi connectivity index (χ0n) is 22.0. The molecule has 1 heterocycles. The third-order valence-corrected chi connectivity index (χ3v) is 9.57. The van der Waals surface area contributed by atoms with E-state index >= 15 is 0 Å². The Morgan fingerprint density at radius 1 is 0.487 bits per heavy atom. The molecule has 8 rings (SSSR count). The molecule has 0 unspecified atom stereocenters. The minimum atomic E-state index is -0.0424. The van der Waals surface area contributed by atoms with Crippen molar-refractivity contribution in [3.05, 3.63) is 139 Å². The minimum absolute atomic E-state index is 0.0424. The van der Waals surface area contributed by atoms with E-state index in [-0.39, 0.29) is 5.41 Å². The molecule has 0 amide bonds. The summed E-state index contributed by atoms with van der Waals surface area (Å²) < 4.78 is 2.66. The lowest BCUT2D eigenvalue weighted by Gasteiger charge is -2.27. The fraction of sp³-hybridized carbons (Fsp3) is 0.0811. The summed E-state index contributed by atoms with van der Waals surface area (Å²) in [5.74, 6) is 0. The molecule has 0 saturated carbocycles. The van der Waals surface area contributed by atoms with Crippen molar-refractivity contribution in [3.8, 4) is 11.1 Å². The van der Waals surface area contributed by atoms with Gasteiger partial charge in [-0.1, -0.05) is 80.6 Å². The van der Waals surface area contributed by atoms with Crippen LogP contribution in [0.2, 0.25) is 0 Å². The third-order valence-electron chi connectivity index (χ3n) is 8.42. The fourth-order valence-electron chi connectivity index (χ4n) is 6.44. The van der Waals surface area contributed by atoms with Gasteiger partial charge in [0, 0.05) is 42.6 Å². The number of benzene rings is 6. The molecule has 0 N–H and O–H groups in total. The molecular formula is C37H27NS. The quantitative estimate of drug-likeness (QED) is 0.225. The average molecular weight is 518 g/mol. The highest BCUT2D eigenvalue weighted by atomic mass is 32.1. The van der Waals surface area contributed by atoms with Crippen molar-refractivity contribution >= 4 is 59.3 Å². The van der Waals surface area contributed by atoms with Gasteiger partial charge in [0.2, 0.25) is 0 Å². The van der Waals surface area contributed by atoms with E-state index in [1.54, 1.807) is 0 Å². The number of nitrogens with zero attached hydrogens (tertiary/aromatic N) is 1. The molecule has 1 aromatic heterocycles. The van der Waals surface area contributed by atoms with Gasteiger partial charge in [0.25, 0.3) is 0 Å². The van der Waals surface area contributed by atoms with Gasteiger partial charge in [-0.15, -0.1) is 11.3 Å². The molecule has 1 aliphatic rings. The second-order valence-electron chi connectivity index (χ2n) is 11.0. The molecule has 0 aliphatic heterocycles. The van der Waals surface area contributed by atoms with Crippen LogP contribution in [0.15, 0.2) is 127 Å². The molecule has 0 radical (unpaired) electrons. The van der Waals surface area contributed by atoms with E-state index in [4.69, 9.17) is 0 Å². The molecule has 0 spiro atoms. The van der Waals surface area contributed by atoms with E-state index in [2.05, 4.69) is 146 Å². The standard InChI is InChI=1S/C37H27NS/c1-37(2)33-18-16-27(22-31(33)30-20-24-10-6-7-11-25(24)21-34(30)37)38(26-12-4-3-5-13-26)28-17-19-36-32(23-28)29-14-8-9-15-35(29)39-36/h3-23H,1-2H3. The number of anilines is 3. The van der Waals surface area contributed by atoms with Crippen LogP contribution in [-0.4, -0.2) is 0 Å². The second kappa shape index (κ2) is 8.30. The Morgan fingerprint density at radius 2 is 1.13 bits per heavy atom. The van der Waals surface area contributed by atoms with Crippen molar-refractivity contribution in [2.24, 2.45) is 0 Å². The normalized spacial score (nSPS) is 13.6. The van der Waals surface area contributed by atoms with Crippen LogP contribution in [-0.2, 0) is 5.41 Å². The summed E-state index contributed by atoms with van der Waals surface area (Å²) in [7, 11) is 0. The van der Waals surface area contributed by atoms with Gasteiger partial charge < -0.3 is 4.90 Å². The summed E-state index contributed by atoms with van der Waals surface area (Å²) in [6, 6.07) is 46.9. The number of fused-ring (bicyclic) bond motifs is 7. The maximum absolute atomic E-state index is 2.40. The maximum atomic E-state index is 2.40. The Labute approximate surface area is 232 Å². The van der Waals surface area contributed by atoms with Gasteiger partial charge in [0.1, 0.15) is 0 Å². The van der Waals surface area contributed by atoms with Crippen molar-refractivity contribution in [2.75, 3.05) is 4.90 Å². The molecule has 39 heavy (non-hydrogen) atoms. The smallest absolute Gasteiger partial charge is 0.0468 e. The second-order valence-corrected chi connectivity index (χ2v) is 12.1. The van der Waals surface area contributed by atoms with Gasteiger partial charge in [-0.2, -0.15) is 0 Å². The van der Waals surface area contributed by atoms with E-state index in [0.717, 1.165) is 5.69 Å². The van der Waals surface area contributed by atoms with Crippen LogP contribution in [0, 0.1) is 0 Å². The molecule has 0 atom stereocenters. The molecule has 2 heteroatoms. The number of thiophene rings is 1. The number of hydrogen-bond acceptors (Lipinski definition) is 2. The summed E-state index contributed by atoms with van der Waals surface area (Å²) >= 11 is 1.86. The summed E-state index contributed by atoms with van der Waals surface area (Å²) in [6.45, 7) is 4.72. The molecule has 7 aromatic rings. The summed E-state index contributed by atoms with van der Waals surface area (Å²) in [5.41, 5.74) is 8.95. The van der Waals surface area contributed by atoms with Crippen LogP contribution in [0.5, 0.6) is 0 Å². The average Bonchev–Trinajstić information content (AvgIpc) is 3.44. The fourth-order valence-corrected chi connectivity index (χ4v) is 7.53. The van der Waals surface area contributed by atoms with Crippen LogP contribution in [0.4, 0.5) is 17.1 Å². The van der Waals surface area contributed by atoms with Crippen LogP contribution in [0.1, 0.15) is 25.0 Å². The molecule has 1 nitrogen and oxygen atoms in total. The monoisotopic (exact) mass is 517 g/mol. The van der Waals surface area contributed by atoms with Crippen LogP contribution in [0.25, 0.3) is 42.1 Å². The first-order valence-electron chi connectivity index (χ1n) is 13.5. The Bertz CT molecular complexity index is 2050. The zero-order valence-corrected chi connectivity index (χ0v) is 22.8. The first-order valence-corrected chi connectivity index (χ1v) is 14.3. The third kappa shape index (κ3) is 3.38. The van der Waals surface area contributed by atoms with Gasteiger partial charge >= 0.3 is 0 Å². The van der Waals surface area contributed by atoms with Crippen molar-refractivity contribution in [3.63, 3.8) is 0 Å². The zero-order chi connectivity index (χ0) is 26.1. The lowest BCUT2D eigenvalue weighted by molar-refractivity contribution is 0.661. The van der Waals surface area contributed by atoms with Gasteiger partial charge in [-0.25, -0.2) is 0 Å². The van der Waals surface area contributed by atoms with Crippen LogP contribution >= 0.6 is 11.3 Å². The lowest BCUT2D eigenvalue weighted by Crippen LogP contribution is -2.15. The number of para-hydroxylation sites is 1. The van der Waals surface area contributed by atoms with Crippen molar-refractivity contribution in [1.29, 1.82) is 0 Å². The Hall–Kier alpha value is -4.40. The Kier molecular flexibility index (Phi) is 4.80. The minimum Gasteiger partial charge on any atom is -0.310 e. The predicted octanol–water partition coefficient (Wildman–Crippen LogP) is 11.0. The van der Waals surface area contributed by atoms with E-state index in [1.165, 1.54) is 64.6 Å². The first kappa shape index (κ1) is 22.6.